The molecule has 0 aliphatic heterocycles. The van der Waals surface area contributed by atoms with Crippen molar-refractivity contribution in [2.75, 3.05) is 0 Å². The topological polar surface area (TPSA) is 112 Å². The van der Waals surface area contributed by atoms with Crippen molar-refractivity contribution < 1.29 is 8.83 Å². The Balaban J connectivity index is 0.583. The highest BCUT2D eigenvalue weighted by molar-refractivity contribution is 6.35. The summed E-state index contributed by atoms with van der Waals surface area (Å²) < 4.78 is 18.8. The second-order valence-corrected chi connectivity index (χ2v) is 27.6. The van der Waals surface area contributed by atoms with Gasteiger partial charge in [0, 0.05) is 87.2 Å². The second-order valence-electron chi connectivity index (χ2n) is 27.6. The van der Waals surface area contributed by atoms with Crippen molar-refractivity contribution in [3.05, 3.63) is 328 Å². The second kappa shape index (κ2) is 22.5. The van der Waals surface area contributed by atoms with E-state index in [0.29, 0.717) is 34.9 Å². The minimum absolute atomic E-state index is 0.561. The summed E-state index contributed by atoms with van der Waals surface area (Å²) in [4.78, 5) is 31.8. The molecule has 0 spiro atoms. The number of benzene rings is 15. The Morgan fingerprint density at radius 3 is 0.877 bits per heavy atom. The molecule has 0 aliphatic rings. The molecule has 0 N–H and O–H groups in total. The van der Waals surface area contributed by atoms with Crippen LogP contribution in [0, 0.1) is 0 Å². The van der Waals surface area contributed by atoms with Crippen LogP contribution in [0.3, 0.4) is 0 Å². The summed E-state index contributed by atoms with van der Waals surface area (Å²) >= 11 is 0. The molecule has 8 heterocycles. The maximum absolute atomic E-state index is 7.02. The van der Waals surface area contributed by atoms with Gasteiger partial charge in [0.2, 0.25) is 0 Å². The minimum Gasteiger partial charge on any atom is -0.455 e. The third-order valence-electron chi connectivity index (χ3n) is 21.7. The fourth-order valence-electron chi connectivity index (χ4n) is 16.9. The Bertz CT molecular complexity index is 7540. The first kappa shape index (κ1) is 58.2. The Kier molecular flexibility index (Phi) is 12.4. The smallest absolute Gasteiger partial charge is 0.164 e. The molecule has 23 aromatic rings. The summed E-state index contributed by atoms with van der Waals surface area (Å²) in [5.74, 6) is 3.44. The van der Waals surface area contributed by atoms with Gasteiger partial charge in [-0.2, -0.15) is 0 Å². The molecule has 0 aliphatic carbocycles. The van der Waals surface area contributed by atoms with Gasteiger partial charge in [0.25, 0.3) is 0 Å². The quantitative estimate of drug-likeness (QED) is 0.133. The normalized spacial score (nSPS) is 12.2. The van der Waals surface area contributed by atoms with E-state index in [0.717, 1.165) is 160 Å². The van der Waals surface area contributed by atoms with Gasteiger partial charge < -0.3 is 17.6 Å². The SMILES string of the molecule is c1ccc(-c2ccc(-c3nc(-c4ccc(-c5cccc(-c6cccc(-c7ccc(-c8nc(-c9ccccc9)nc(-c9cccc%10oc%11c(cc%12c%13ccccc%13n%13c%14ccccc%14c%11c%12%13)c9%10)n8)cc7)c6)c5)cc4)nc(-c4cccc5oc6c(cc7c8ccccc8n8c9ccccc9c6c78)c45)n3)cc2)cc1. The molecule has 0 radical (unpaired) electrons. The zero-order valence-electron chi connectivity index (χ0n) is 56.6. The molecule has 0 unspecified atom stereocenters. The highest BCUT2D eigenvalue weighted by atomic mass is 16.3. The van der Waals surface area contributed by atoms with Gasteiger partial charge in [0.15, 0.2) is 34.9 Å². The first-order chi connectivity index (χ1) is 52.5. The van der Waals surface area contributed by atoms with E-state index in [-0.39, 0.29) is 0 Å². The van der Waals surface area contributed by atoms with Crippen LogP contribution in [-0.2, 0) is 0 Å². The molecule has 0 saturated heterocycles. The molecule has 23 rings (SSSR count). The summed E-state index contributed by atoms with van der Waals surface area (Å²) in [5, 5.41) is 13.3. The number of para-hydroxylation sites is 4. The van der Waals surface area contributed by atoms with Gasteiger partial charge in [0.1, 0.15) is 22.3 Å². The van der Waals surface area contributed by atoms with E-state index in [1.807, 2.05) is 36.4 Å². The van der Waals surface area contributed by atoms with E-state index in [1.165, 1.54) is 38.1 Å². The highest BCUT2D eigenvalue weighted by Gasteiger charge is 2.28. The van der Waals surface area contributed by atoms with Gasteiger partial charge >= 0.3 is 0 Å². The van der Waals surface area contributed by atoms with E-state index in [4.69, 9.17) is 38.7 Å². The number of hydrogen-bond donors (Lipinski definition) is 0. The Labute approximate surface area is 604 Å². The Hall–Kier alpha value is -14.5. The van der Waals surface area contributed by atoms with Crippen molar-refractivity contribution in [1.29, 1.82) is 0 Å². The van der Waals surface area contributed by atoms with Crippen LogP contribution in [0.2, 0.25) is 0 Å². The lowest BCUT2D eigenvalue weighted by molar-refractivity contribution is 0.672. The van der Waals surface area contributed by atoms with Crippen LogP contribution in [0.25, 0.3) is 233 Å². The molecule has 8 aromatic heterocycles. The summed E-state index contributed by atoms with van der Waals surface area (Å²) in [6.45, 7) is 0. The summed E-state index contributed by atoms with van der Waals surface area (Å²) in [5.41, 5.74) is 24.3. The molecule has 10 nitrogen and oxygen atoms in total. The predicted octanol–water partition coefficient (Wildman–Crippen LogP) is 24.8. The fraction of sp³-hybridized carbons (Fsp3) is 0. The summed E-state index contributed by atoms with van der Waals surface area (Å²) in [6.07, 6.45) is 0. The number of nitrogens with zero attached hydrogens (tertiary/aromatic N) is 8. The van der Waals surface area contributed by atoms with Crippen LogP contribution in [0.5, 0.6) is 0 Å². The van der Waals surface area contributed by atoms with Crippen LogP contribution in [0.4, 0.5) is 0 Å². The highest BCUT2D eigenvalue weighted by Crippen LogP contribution is 2.50. The number of aromatic nitrogens is 8. The van der Waals surface area contributed by atoms with Crippen LogP contribution in [0.1, 0.15) is 0 Å². The number of fused-ring (bicyclic) bond motifs is 20. The van der Waals surface area contributed by atoms with Gasteiger partial charge in [0.05, 0.1) is 43.9 Å². The molecule has 106 heavy (non-hydrogen) atoms. The molecule has 10 heteroatoms. The maximum atomic E-state index is 7.02. The maximum Gasteiger partial charge on any atom is 0.164 e. The largest absolute Gasteiger partial charge is 0.455 e. The summed E-state index contributed by atoms with van der Waals surface area (Å²) in [7, 11) is 0. The van der Waals surface area contributed by atoms with Crippen molar-refractivity contribution >= 4 is 120 Å². The minimum atomic E-state index is 0.561. The number of hydrogen-bond acceptors (Lipinski definition) is 8. The van der Waals surface area contributed by atoms with Gasteiger partial charge in [-0.15, -0.1) is 0 Å². The van der Waals surface area contributed by atoms with Gasteiger partial charge in [-0.05, 0) is 105 Å². The summed E-state index contributed by atoms with van der Waals surface area (Å²) in [6, 6.07) is 115. The van der Waals surface area contributed by atoms with Crippen LogP contribution >= 0.6 is 0 Å². The zero-order valence-corrected chi connectivity index (χ0v) is 56.6. The van der Waals surface area contributed by atoms with Crippen molar-refractivity contribution in [2.45, 2.75) is 0 Å². The first-order valence-corrected chi connectivity index (χ1v) is 35.7. The molecule has 15 aromatic carbocycles. The molecule has 0 amide bonds. The average molecular weight is 1350 g/mol. The van der Waals surface area contributed by atoms with Crippen molar-refractivity contribution in [3.63, 3.8) is 0 Å². The molecular formula is C96H54N8O2. The third-order valence-corrected chi connectivity index (χ3v) is 21.7. The number of furan rings is 2. The monoisotopic (exact) mass is 1350 g/mol. The van der Waals surface area contributed by atoms with Crippen LogP contribution < -0.4 is 0 Å². The van der Waals surface area contributed by atoms with Crippen LogP contribution in [0.15, 0.2) is 336 Å². The lowest BCUT2D eigenvalue weighted by Gasteiger charge is -2.11. The van der Waals surface area contributed by atoms with Crippen molar-refractivity contribution in [2.24, 2.45) is 0 Å². The lowest BCUT2D eigenvalue weighted by Crippen LogP contribution is -2.00. The molecule has 0 atom stereocenters. The molecule has 0 bridgehead atoms. The predicted molar refractivity (Wildman–Crippen MR) is 431 cm³/mol. The fourth-order valence-corrected chi connectivity index (χ4v) is 16.9. The van der Waals surface area contributed by atoms with E-state index < -0.39 is 0 Å². The standard InChI is InChI=1S/C96H54N8O2/c1-3-19-55(20-4-1)56-39-45-60(46-40-56)93-98-94(102-96(101-93)72-32-18-38-82-84(72)76-54-74-68-28-8-12-34-78(68)104-80-36-14-10-30-70(80)86(88(74)104)90(76)106-82)62-49-43-58(44-50-62)64-24-16-26-66(52-64)65-25-15-23-63(51-65)57-41-47-61(48-42-57)92-97-91(59-21-5-2-6-22-59)99-95(100-92)71-31-17-37-81-83(71)75-53-73-67-27-7-11-33-77(67)103-79-35-13-9-29-69(79)85(87(73)103)89(75)105-81/h1-54H. The number of rotatable bonds is 10. The van der Waals surface area contributed by atoms with Gasteiger partial charge in [-0.1, -0.05) is 267 Å². The Morgan fingerprint density at radius 1 is 0.189 bits per heavy atom. The zero-order chi connectivity index (χ0) is 69.2. The van der Waals surface area contributed by atoms with Crippen molar-refractivity contribution in [1.82, 2.24) is 38.7 Å². The van der Waals surface area contributed by atoms with Gasteiger partial charge in [-0.3, -0.25) is 0 Å². The van der Waals surface area contributed by atoms with Gasteiger partial charge in [-0.25, -0.2) is 29.9 Å². The molecule has 0 saturated carbocycles. The van der Waals surface area contributed by atoms with E-state index in [2.05, 4.69) is 300 Å². The lowest BCUT2D eigenvalue weighted by atomic mass is 9.95. The van der Waals surface area contributed by atoms with Crippen molar-refractivity contribution in [3.8, 4) is 113 Å². The van der Waals surface area contributed by atoms with E-state index >= 15 is 0 Å². The third kappa shape index (κ3) is 8.73. The van der Waals surface area contributed by atoms with E-state index in [1.54, 1.807) is 0 Å². The Morgan fingerprint density at radius 2 is 0.472 bits per heavy atom. The van der Waals surface area contributed by atoms with Crippen LogP contribution in [-0.4, -0.2) is 38.7 Å². The molecule has 490 valence electrons. The molecular weight excluding hydrogens is 1300 g/mol. The average Bonchev–Trinajstić information content (AvgIpc) is 1.53. The first-order valence-electron chi connectivity index (χ1n) is 35.7. The molecule has 0 fully saturated rings. The van der Waals surface area contributed by atoms with E-state index in [9.17, 15) is 0 Å².